The van der Waals surface area contributed by atoms with Crippen molar-refractivity contribution in [1.82, 2.24) is 14.9 Å². The van der Waals surface area contributed by atoms with Gasteiger partial charge in [-0.05, 0) is 42.3 Å². The molecule has 6 nitrogen and oxygen atoms in total. The van der Waals surface area contributed by atoms with Gasteiger partial charge in [-0.2, -0.15) is 0 Å². The number of nitrogens with one attached hydrogen (secondary N) is 1. The summed E-state index contributed by atoms with van der Waals surface area (Å²) in [5.41, 5.74) is 2.61. The van der Waals surface area contributed by atoms with Crippen LogP contribution in [0.2, 0.25) is 0 Å². The van der Waals surface area contributed by atoms with Crippen LogP contribution in [0.15, 0.2) is 83.7 Å². The zero-order valence-corrected chi connectivity index (χ0v) is 17.2. The van der Waals surface area contributed by atoms with Gasteiger partial charge in [-0.25, -0.2) is 4.98 Å². The summed E-state index contributed by atoms with van der Waals surface area (Å²) in [5, 5.41) is 0.530. The molecule has 1 amide bonds. The van der Waals surface area contributed by atoms with E-state index in [1.165, 1.54) is 0 Å². The van der Waals surface area contributed by atoms with Crippen LogP contribution < -0.4 is 10.3 Å². The fourth-order valence-electron chi connectivity index (χ4n) is 3.38. The second kappa shape index (κ2) is 9.26. The van der Waals surface area contributed by atoms with Gasteiger partial charge in [-0.15, -0.1) is 0 Å². The fourth-order valence-corrected chi connectivity index (χ4v) is 3.38. The van der Waals surface area contributed by atoms with Crippen molar-refractivity contribution in [1.29, 1.82) is 0 Å². The molecule has 1 N–H and O–H groups in total. The Morgan fingerprint density at radius 3 is 2.35 bits per heavy atom. The molecule has 0 bridgehead atoms. The number of carbonyl (C=O) groups is 1. The fraction of sp³-hybridized carbons (Fsp3) is 0.160. The largest absolute Gasteiger partial charge is 0.484 e. The van der Waals surface area contributed by atoms with Crippen molar-refractivity contribution in [2.75, 3.05) is 13.2 Å². The third-order valence-corrected chi connectivity index (χ3v) is 5.06. The molecule has 0 aliphatic heterocycles. The number of amides is 1. The van der Waals surface area contributed by atoms with E-state index in [-0.39, 0.29) is 24.6 Å². The molecule has 3 aromatic carbocycles. The van der Waals surface area contributed by atoms with E-state index in [1.807, 2.05) is 67.6 Å². The number of aromatic nitrogens is 2. The molecule has 0 radical (unpaired) electrons. The first-order valence-electron chi connectivity index (χ1n) is 10.2. The van der Waals surface area contributed by atoms with Crippen molar-refractivity contribution >= 4 is 16.8 Å². The number of aromatic amines is 1. The summed E-state index contributed by atoms with van der Waals surface area (Å²) in [7, 11) is 0. The molecule has 1 aromatic heterocycles. The number of fused-ring (bicyclic) bond motifs is 1. The summed E-state index contributed by atoms with van der Waals surface area (Å²) in [4.78, 5) is 33.8. The Morgan fingerprint density at radius 1 is 0.935 bits per heavy atom. The smallest absolute Gasteiger partial charge is 0.260 e. The van der Waals surface area contributed by atoms with E-state index in [0.717, 1.165) is 11.1 Å². The summed E-state index contributed by atoms with van der Waals surface area (Å²) in [6, 6.07) is 24.9. The van der Waals surface area contributed by atoms with E-state index in [0.29, 0.717) is 29.0 Å². The number of ether oxygens (including phenoxy) is 1. The van der Waals surface area contributed by atoms with E-state index in [1.54, 1.807) is 23.1 Å². The van der Waals surface area contributed by atoms with Crippen molar-refractivity contribution in [3.05, 3.63) is 95.0 Å². The van der Waals surface area contributed by atoms with Crippen LogP contribution in [0, 0.1) is 0 Å². The van der Waals surface area contributed by atoms with Gasteiger partial charge in [0.05, 0.1) is 17.4 Å². The van der Waals surface area contributed by atoms with Gasteiger partial charge in [0.15, 0.2) is 6.61 Å². The van der Waals surface area contributed by atoms with Crippen molar-refractivity contribution < 1.29 is 9.53 Å². The first-order chi connectivity index (χ1) is 15.1. The number of benzene rings is 3. The predicted molar refractivity (Wildman–Crippen MR) is 121 cm³/mol. The minimum Gasteiger partial charge on any atom is -0.484 e. The highest BCUT2D eigenvalue weighted by Gasteiger charge is 2.15. The topological polar surface area (TPSA) is 75.3 Å². The molecule has 156 valence electrons. The number of likely N-dealkylation sites (N-methyl/N-ethyl adjacent to an activating group) is 1. The number of nitrogens with zero attached hydrogens (tertiary/aromatic N) is 2. The molecule has 4 rings (SSSR count). The van der Waals surface area contributed by atoms with E-state index in [4.69, 9.17) is 4.74 Å². The van der Waals surface area contributed by atoms with Gasteiger partial charge in [0.1, 0.15) is 11.6 Å². The highest BCUT2D eigenvalue weighted by Crippen LogP contribution is 2.22. The van der Waals surface area contributed by atoms with E-state index in [9.17, 15) is 9.59 Å². The zero-order valence-electron chi connectivity index (χ0n) is 17.2. The van der Waals surface area contributed by atoms with Gasteiger partial charge in [-0.3, -0.25) is 9.59 Å². The first-order valence-corrected chi connectivity index (χ1v) is 10.2. The number of para-hydroxylation sites is 1. The second-order valence-electron chi connectivity index (χ2n) is 7.12. The molecule has 0 saturated carbocycles. The molecule has 6 heteroatoms. The summed E-state index contributed by atoms with van der Waals surface area (Å²) in [6.07, 6.45) is 0. The van der Waals surface area contributed by atoms with E-state index < -0.39 is 0 Å². The van der Waals surface area contributed by atoms with Crippen LogP contribution in [0.1, 0.15) is 12.7 Å². The minimum atomic E-state index is -0.209. The third kappa shape index (κ3) is 4.80. The number of hydrogen-bond donors (Lipinski definition) is 1. The van der Waals surface area contributed by atoms with Crippen molar-refractivity contribution in [2.24, 2.45) is 0 Å². The van der Waals surface area contributed by atoms with Crippen molar-refractivity contribution in [3.8, 4) is 16.9 Å². The summed E-state index contributed by atoms with van der Waals surface area (Å²) >= 11 is 0. The lowest BCUT2D eigenvalue weighted by Crippen LogP contribution is -2.35. The van der Waals surface area contributed by atoms with Gasteiger partial charge in [0.2, 0.25) is 0 Å². The molecule has 31 heavy (non-hydrogen) atoms. The molecule has 0 spiro atoms. The van der Waals surface area contributed by atoms with Crippen LogP contribution in [0.5, 0.6) is 5.75 Å². The van der Waals surface area contributed by atoms with Gasteiger partial charge in [-0.1, -0.05) is 54.6 Å². The molecule has 1 heterocycles. The van der Waals surface area contributed by atoms with Crippen LogP contribution in [0.3, 0.4) is 0 Å². The Kier molecular flexibility index (Phi) is 6.08. The summed E-state index contributed by atoms with van der Waals surface area (Å²) in [6.45, 7) is 2.49. The Labute approximate surface area is 180 Å². The number of rotatable bonds is 7. The van der Waals surface area contributed by atoms with Crippen LogP contribution in [-0.2, 0) is 11.3 Å². The lowest BCUT2D eigenvalue weighted by Gasteiger charge is -2.20. The summed E-state index contributed by atoms with van der Waals surface area (Å²) in [5.74, 6) is 0.901. The molecule has 0 atom stereocenters. The standard InChI is InChI=1S/C25H23N3O3/c1-2-28(16-23-26-22-11-7-6-10-21(22)25(30)27-23)24(29)17-31-20-14-12-19(13-15-20)18-8-4-3-5-9-18/h3-15H,2,16-17H2,1H3,(H,26,27,30). The number of hydrogen-bond acceptors (Lipinski definition) is 4. The average molecular weight is 413 g/mol. The Morgan fingerprint density at radius 2 is 1.61 bits per heavy atom. The Balaban J connectivity index is 1.40. The predicted octanol–water partition coefficient (Wildman–Crippen LogP) is 4.02. The van der Waals surface area contributed by atoms with Gasteiger partial charge in [0.25, 0.3) is 11.5 Å². The highest BCUT2D eigenvalue weighted by molar-refractivity contribution is 5.78. The SMILES string of the molecule is CCN(Cc1nc2ccccc2c(=O)[nH]1)C(=O)COc1ccc(-c2ccccc2)cc1. The van der Waals surface area contributed by atoms with Crippen molar-refractivity contribution in [2.45, 2.75) is 13.5 Å². The highest BCUT2D eigenvalue weighted by atomic mass is 16.5. The van der Waals surface area contributed by atoms with Gasteiger partial charge < -0.3 is 14.6 Å². The minimum absolute atomic E-state index is 0.0870. The molecule has 4 aromatic rings. The third-order valence-electron chi connectivity index (χ3n) is 5.06. The van der Waals surface area contributed by atoms with E-state index >= 15 is 0 Å². The first kappa shape index (κ1) is 20.3. The monoisotopic (exact) mass is 413 g/mol. The Bertz CT molecular complexity index is 1230. The second-order valence-corrected chi connectivity index (χ2v) is 7.12. The lowest BCUT2D eigenvalue weighted by atomic mass is 10.1. The molecule has 0 fully saturated rings. The van der Waals surface area contributed by atoms with Crippen LogP contribution >= 0.6 is 0 Å². The van der Waals surface area contributed by atoms with Gasteiger partial charge >= 0.3 is 0 Å². The lowest BCUT2D eigenvalue weighted by molar-refractivity contribution is -0.133. The molecule has 0 unspecified atom stereocenters. The van der Waals surface area contributed by atoms with Crippen molar-refractivity contribution in [3.63, 3.8) is 0 Å². The van der Waals surface area contributed by atoms with Crippen LogP contribution in [-0.4, -0.2) is 33.9 Å². The average Bonchev–Trinajstić information content (AvgIpc) is 2.82. The van der Waals surface area contributed by atoms with Crippen LogP contribution in [0.4, 0.5) is 0 Å². The van der Waals surface area contributed by atoms with Crippen LogP contribution in [0.25, 0.3) is 22.0 Å². The zero-order chi connectivity index (χ0) is 21.6. The maximum absolute atomic E-state index is 12.7. The molecule has 0 aliphatic rings. The molecular formula is C25H23N3O3. The Hall–Kier alpha value is -3.93. The normalized spacial score (nSPS) is 10.7. The molecule has 0 saturated heterocycles. The quantitative estimate of drug-likeness (QED) is 0.497. The van der Waals surface area contributed by atoms with Gasteiger partial charge in [0, 0.05) is 6.54 Å². The maximum Gasteiger partial charge on any atom is 0.260 e. The number of carbonyl (C=O) groups excluding carboxylic acids is 1. The maximum atomic E-state index is 12.7. The molecule has 0 aliphatic carbocycles. The molecular weight excluding hydrogens is 390 g/mol. The van der Waals surface area contributed by atoms with E-state index in [2.05, 4.69) is 9.97 Å². The summed E-state index contributed by atoms with van der Waals surface area (Å²) < 4.78 is 5.69. The number of H-pyrrole nitrogens is 1.